The predicted molar refractivity (Wildman–Crippen MR) is 330 cm³/mol. The van der Waals surface area contributed by atoms with Crippen LogP contribution in [0.25, 0.3) is 0 Å². The molecule has 3 aliphatic heterocycles. The minimum atomic E-state index is -1.26. The van der Waals surface area contributed by atoms with Crippen LogP contribution in [0.3, 0.4) is 0 Å². The highest BCUT2D eigenvalue weighted by molar-refractivity contribution is 5.71. The van der Waals surface area contributed by atoms with Gasteiger partial charge in [0.05, 0.1) is 113 Å². The number of ether oxygens (including phenoxy) is 11. The predicted octanol–water partition coefficient (Wildman–Crippen LogP) is 10.7. The Balaban J connectivity index is 2.22. The Morgan fingerprint density at radius 2 is 1.09 bits per heavy atom. The number of carbonyl (C=O) groups excluding carboxylic acids is 3. The number of fused-ring (bicyclic) bond motifs is 10. The van der Waals surface area contributed by atoms with Gasteiger partial charge in [0.1, 0.15) is 13.2 Å². The van der Waals surface area contributed by atoms with Crippen molar-refractivity contribution in [3.63, 3.8) is 0 Å². The second kappa shape index (κ2) is 51.5. The SMILES string of the molecule is CCCCCCCCC1OC2CC(C(O)CCCCC)OC(C(O)CC(O)C(CC)OCCOCCCO)CC(O)C3CCCCCCCC(=O)OCC(COC(=O)CCCCCCCC1OCCOCCOC)OC(=O)CCCCCCCC2O3. The molecular weight excluding hydrogens is 1110 g/mol. The zero-order valence-corrected chi connectivity index (χ0v) is 54.2. The largest absolute Gasteiger partial charge is 0.462 e. The second-order valence-electron chi connectivity index (χ2n) is 24.6. The molecule has 3 bridgehead atoms. The minimum absolute atomic E-state index is 0.0117. The lowest BCUT2D eigenvalue weighted by Crippen LogP contribution is -2.51. The van der Waals surface area contributed by atoms with Crippen LogP contribution in [0.15, 0.2) is 0 Å². The van der Waals surface area contributed by atoms with Gasteiger partial charge in [-0.3, -0.25) is 14.4 Å². The number of unbranched alkanes of at least 4 members (excludes halogenated alkanes) is 7. The Labute approximate surface area is 519 Å². The van der Waals surface area contributed by atoms with Gasteiger partial charge in [-0.1, -0.05) is 156 Å². The average Bonchev–Trinajstić information content (AvgIpc) is 3.55. The summed E-state index contributed by atoms with van der Waals surface area (Å²) in [4.78, 5) is 39.3. The van der Waals surface area contributed by atoms with Crippen molar-refractivity contribution in [2.45, 2.75) is 338 Å². The van der Waals surface area contributed by atoms with Gasteiger partial charge < -0.3 is 77.6 Å². The Morgan fingerprint density at radius 1 is 0.535 bits per heavy atom. The van der Waals surface area contributed by atoms with Gasteiger partial charge in [0.2, 0.25) is 0 Å². The normalized spacial score (nSPS) is 27.6. The molecule has 19 heteroatoms. The molecule has 3 rings (SSSR count). The van der Waals surface area contributed by atoms with Crippen molar-refractivity contribution in [3.8, 4) is 0 Å². The van der Waals surface area contributed by atoms with E-state index in [1.807, 2.05) is 6.92 Å². The number of aliphatic hydroxyl groups is 5. The third kappa shape index (κ3) is 36.7. The summed E-state index contributed by atoms with van der Waals surface area (Å²) in [7, 11) is 1.65. The number of methoxy groups -OCH3 is 1. The van der Waals surface area contributed by atoms with Crippen LogP contribution >= 0.6 is 0 Å². The molecule has 13 unspecified atom stereocenters. The molecule has 0 aromatic carbocycles. The van der Waals surface area contributed by atoms with Crippen molar-refractivity contribution in [3.05, 3.63) is 0 Å². The molecular formula is C67H124O19. The van der Waals surface area contributed by atoms with Crippen LogP contribution in [0, 0.1) is 0 Å². The summed E-state index contributed by atoms with van der Waals surface area (Å²) in [5, 5.41) is 58.3. The van der Waals surface area contributed by atoms with Crippen molar-refractivity contribution < 1.29 is 92.0 Å². The lowest BCUT2D eigenvalue weighted by atomic mass is 9.91. The van der Waals surface area contributed by atoms with E-state index in [9.17, 15) is 39.9 Å². The molecule has 0 spiro atoms. The Hall–Kier alpha value is -2.11. The van der Waals surface area contributed by atoms with Crippen LogP contribution < -0.4 is 0 Å². The number of cyclic esters (lactones) is 2. The molecule has 506 valence electrons. The molecule has 0 saturated carbocycles. The summed E-state index contributed by atoms with van der Waals surface area (Å²) in [5.74, 6) is -1.24. The maximum atomic E-state index is 13.2. The molecule has 0 aliphatic carbocycles. The maximum Gasteiger partial charge on any atom is 0.306 e. The number of carbonyl (C=O) groups is 3. The van der Waals surface area contributed by atoms with Gasteiger partial charge in [0.15, 0.2) is 6.10 Å². The fourth-order valence-corrected chi connectivity index (χ4v) is 11.9. The van der Waals surface area contributed by atoms with E-state index in [1.165, 1.54) is 6.42 Å². The highest BCUT2D eigenvalue weighted by Crippen LogP contribution is 2.34. The van der Waals surface area contributed by atoms with Crippen LogP contribution in [-0.2, 0) is 66.5 Å². The lowest BCUT2D eigenvalue weighted by molar-refractivity contribution is -0.215. The Morgan fingerprint density at radius 3 is 1.74 bits per heavy atom. The van der Waals surface area contributed by atoms with E-state index < -0.39 is 79.1 Å². The van der Waals surface area contributed by atoms with E-state index in [2.05, 4.69) is 13.8 Å². The maximum absolute atomic E-state index is 13.2. The second-order valence-corrected chi connectivity index (χ2v) is 24.6. The molecule has 5 N–H and O–H groups in total. The van der Waals surface area contributed by atoms with Gasteiger partial charge in [-0.05, 0) is 64.2 Å². The molecule has 19 nitrogen and oxygen atoms in total. The van der Waals surface area contributed by atoms with Crippen molar-refractivity contribution in [2.75, 3.05) is 73.2 Å². The highest BCUT2D eigenvalue weighted by atomic mass is 16.6. The van der Waals surface area contributed by atoms with Gasteiger partial charge in [-0.25, -0.2) is 0 Å². The van der Waals surface area contributed by atoms with Crippen molar-refractivity contribution in [1.82, 2.24) is 0 Å². The third-order valence-electron chi connectivity index (χ3n) is 17.1. The lowest BCUT2D eigenvalue weighted by Gasteiger charge is -2.42. The van der Waals surface area contributed by atoms with Crippen LogP contribution in [0.2, 0.25) is 0 Å². The molecule has 3 heterocycles. The quantitative estimate of drug-likeness (QED) is 0.0246. The Bertz CT molecular complexity index is 1630. The molecule has 0 amide bonds. The van der Waals surface area contributed by atoms with E-state index >= 15 is 0 Å². The van der Waals surface area contributed by atoms with Crippen LogP contribution in [0.1, 0.15) is 258 Å². The molecule has 3 aliphatic rings. The van der Waals surface area contributed by atoms with Gasteiger partial charge in [0, 0.05) is 58.8 Å². The van der Waals surface area contributed by atoms with Gasteiger partial charge >= 0.3 is 17.9 Å². The first-order valence-electron chi connectivity index (χ1n) is 34.6. The van der Waals surface area contributed by atoms with Crippen LogP contribution in [-0.4, -0.2) is 196 Å². The standard InChI is InChI=1S/C67H124O19/c1-5-8-10-11-15-25-34-60-59(80-46-44-78-42-41-76-4)33-24-17-13-20-28-37-66(74)82-51-52-50-81-65(73)36-27-19-12-16-23-32-58-56(72)48-62(55(71)47-54(70)57(7-3)79-45-43-77-40-30-39-68)86-63(53(69)31-22-9-6-2)49-64(85-60)61(84-58)35-26-18-14-21-29-38-67(75)83-52/h52-64,68-72H,5-51H2,1-4H3. The molecule has 13 atom stereocenters. The third-order valence-corrected chi connectivity index (χ3v) is 17.1. The summed E-state index contributed by atoms with van der Waals surface area (Å²) in [6.07, 6.45) is 14.9. The minimum Gasteiger partial charge on any atom is -0.462 e. The fraction of sp³-hybridized carbons (Fsp3) is 0.955. The van der Waals surface area contributed by atoms with Crippen molar-refractivity contribution >= 4 is 17.9 Å². The van der Waals surface area contributed by atoms with E-state index in [0.717, 1.165) is 128 Å². The summed E-state index contributed by atoms with van der Waals surface area (Å²) in [5.41, 5.74) is 0. The number of rotatable bonds is 31. The Kier molecular flexibility index (Phi) is 46.8. The van der Waals surface area contributed by atoms with Crippen molar-refractivity contribution in [2.24, 2.45) is 0 Å². The van der Waals surface area contributed by atoms with Crippen LogP contribution in [0.5, 0.6) is 0 Å². The monoisotopic (exact) mass is 1230 g/mol. The molecule has 3 saturated heterocycles. The summed E-state index contributed by atoms with van der Waals surface area (Å²) in [6, 6.07) is 0. The number of aliphatic hydroxyl groups excluding tert-OH is 5. The summed E-state index contributed by atoms with van der Waals surface area (Å²) in [6.45, 7) is 8.44. The number of hydrogen-bond acceptors (Lipinski definition) is 19. The van der Waals surface area contributed by atoms with E-state index in [0.29, 0.717) is 97.2 Å². The molecule has 86 heavy (non-hydrogen) atoms. The highest BCUT2D eigenvalue weighted by Gasteiger charge is 2.41. The van der Waals surface area contributed by atoms with Crippen molar-refractivity contribution in [1.29, 1.82) is 0 Å². The van der Waals surface area contributed by atoms with E-state index in [1.54, 1.807) is 7.11 Å². The summed E-state index contributed by atoms with van der Waals surface area (Å²) < 4.78 is 69.0. The first-order chi connectivity index (χ1) is 41.9. The van der Waals surface area contributed by atoms with Gasteiger partial charge in [-0.2, -0.15) is 0 Å². The number of esters is 3. The molecule has 0 radical (unpaired) electrons. The summed E-state index contributed by atoms with van der Waals surface area (Å²) >= 11 is 0. The van der Waals surface area contributed by atoms with Gasteiger partial charge in [-0.15, -0.1) is 0 Å². The topological polar surface area (TPSA) is 254 Å². The average molecular weight is 1230 g/mol. The fourth-order valence-electron chi connectivity index (χ4n) is 11.9. The van der Waals surface area contributed by atoms with Crippen LogP contribution in [0.4, 0.5) is 0 Å². The zero-order chi connectivity index (χ0) is 62.2. The number of hydrogen-bond donors (Lipinski definition) is 5. The molecule has 0 aromatic rings. The van der Waals surface area contributed by atoms with E-state index in [-0.39, 0.29) is 89.7 Å². The smallest absolute Gasteiger partial charge is 0.306 e. The van der Waals surface area contributed by atoms with E-state index in [4.69, 9.17) is 52.1 Å². The zero-order valence-electron chi connectivity index (χ0n) is 54.2. The molecule has 0 aromatic heterocycles. The first kappa shape index (κ1) is 78.1. The van der Waals surface area contributed by atoms with Gasteiger partial charge in [0.25, 0.3) is 0 Å². The molecule has 3 fully saturated rings. The first-order valence-corrected chi connectivity index (χ1v) is 34.6.